The molecule has 0 aromatic heterocycles. The predicted octanol–water partition coefficient (Wildman–Crippen LogP) is 3.65. The molecular weight excluding hydrogens is 330 g/mol. The number of anilines is 1. The van der Waals surface area contributed by atoms with Crippen molar-refractivity contribution < 1.29 is 9.72 Å². The van der Waals surface area contributed by atoms with Crippen LogP contribution in [0.15, 0.2) is 42.5 Å². The van der Waals surface area contributed by atoms with Crippen molar-refractivity contribution in [3.63, 3.8) is 0 Å². The molecular formula is C20H23N3O3. The highest BCUT2D eigenvalue weighted by molar-refractivity contribution is 6.00. The van der Waals surface area contributed by atoms with Gasteiger partial charge in [-0.05, 0) is 42.9 Å². The second-order valence-corrected chi connectivity index (χ2v) is 6.66. The fraction of sp³-hybridized carbons (Fsp3) is 0.350. The van der Waals surface area contributed by atoms with Gasteiger partial charge in [-0.3, -0.25) is 14.9 Å². The standard InChI is InChI=1S/C20H23N3O3/c1-14-5-3-4-6-17(14)15-9-11-22(12-10-15)19-8-7-16(23(25)26)13-18(19)20(24)21-2/h3-8,13,15H,9-12H2,1-2H3,(H,21,24). The van der Waals surface area contributed by atoms with E-state index in [4.69, 9.17) is 0 Å². The first-order chi connectivity index (χ1) is 12.5. The van der Waals surface area contributed by atoms with Crippen LogP contribution in [0.4, 0.5) is 11.4 Å². The number of rotatable bonds is 4. The quantitative estimate of drug-likeness (QED) is 0.672. The van der Waals surface area contributed by atoms with E-state index in [0.29, 0.717) is 11.5 Å². The van der Waals surface area contributed by atoms with Gasteiger partial charge in [-0.1, -0.05) is 24.3 Å². The number of amides is 1. The molecule has 6 heteroatoms. The maximum atomic E-state index is 12.2. The van der Waals surface area contributed by atoms with Gasteiger partial charge in [0, 0.05) is 32.3 Å². The maximum absolute atomic E-state index is 12.2. The highest BCUT2D eigenvalue weighted by atomic mass is 16.6. The summed E-state index contributed by atoms with van der Waals surface area (Å²) >= 11 is 0. The predicted molar refractivity (Wildman–Crippen MR) is 102 cm³/mol. The van der Waals surface area contributed by atoms with E-state index in [1.165, 1.54) is 30.3 Å². The molecule has 0 unspecified atom stereocenters. The summed E-state index contributed by atoms with van der Waals surface area (Å²) in [5.41, 5.74) is 3.76. The van der Waals surface area contributed by atoms with E-state index in [1.807, 2.05) is 0 Å². The van der Waals surface area contributed by atoms with Crippen LogP contribution in [0.25, 0.3) is 0 Å². The molecule has 2 aromatic carbocycles. The summed E-state index contributed by atoms with van der Waals surface area (Å²) in [6.45, 7) is 3.78. The van der Waals surface area contributed by atoms with Crippen molar-refractivity contribution in [1.29, 1.82) is 0 Å². The van der Waals surface area contributed by atoms with Crippen LogP contribution in [-0.4, -0.2) is 31.0 Å². The van der Waals surface area contributed by atoms with Crippen molar-refractivity contribution in [2.24, 2.45) is 0 Å². The average Bonchev–Trinajstić information content (AvgIpc) is 2.67. The van der Waals surface area contributed by atoms with Crippen molar-refractivity contribution >= 4 is 17.3 Å². The Morgan fingerprint density at radius 3 is 2.50 bits per heavy atom. The van der Waals surface area contributed by atoms with E-state index in [9.17, 15) is 14.9 Å². The molecule has 1 amide bonds. The Morgan fingerprint density at radius 1 is 1.19 bits per heavy atom. The van der Waals surface area contributed by atoms with E-state index >= 15 is 0 Å². The maximum Gasteiger partial charge on any atom is 0.270 e. The van der Waals surface area contributed by atoms with Gasteiger partial charge < -0.3 is 10.2 Å². The number of non-ortho nitro benzene ring substituents is 1. The minimum absolute atomic E-state index is 0.0675. The van der Waals surface area contributed by atoms with Crippen molar-refractivity contribution in [1.82, 2.24) is 5.32 Å². The second kappa shape index (κ2) is 7.56. The summed E-state index contributed by atoms with van der Waals surface area (Å²) in [5, 5.41) is 13.6. The van der Waals surface area contributed by atoms with Crippen LogP contribution < -0.4 is 10.2 Å². The molecule has 1 saturated heterocycles. The lowest BCUT2D eigenvalue weighted by Gasteiger charge is -2.35. The van der Waals surface area contributed by atoms with Gasteiger partial charge in [0.05, 0.1) is 16.2 Å². The molecule has 0 atom stereocenters. The number of nitrogens with zero attached hydrogens (tertiary/aromatic N) is 2. The molecule has 1 aliphatic rings. The Balaban J connectivity index is 1.82. The van der Waals surface area contributed by atoms with Gasteiger partial charge in [0.15, 0.2) is 0 Å². The van der Waals surface area contributed by atoms with Crippen molar-refractivity contribution in [3.05, 3.63) is 69.3 Å². The van der Waals surface area contributed by atoms with Gasteiger partial charge >= 0.3 is 0 Å². The van der Waals surface area contributed by atoms with Gasteiger partial charge in [0.25, 0.3) is 11.6 Å². The van der Waals surface area contributed by atoms with Crippen LogP contribution in [0.1, 0.15) is 40.2 Å². The smallest absolute Gasteiger partial charge is 0.270 e. The van der Waals surface area contributed by atoms with Gasteiger partial charge in [0.1, 0.15) is 0 Å². The fourth-order valence-electron chi connectivity index (χ4n) is 3.71. The zero-order valence-electron chi connectivity index (χ0n) is 15.1. The first kappa shape index (κ1) is 17.9. The third kappa shape index (κ3) is 3.54. The van der Waals surface area contributed by atoms with Crippen LogP contribution in [0, 0.1) is 17.0 Å². The Hall–Kier alpha value is -2.89. The monoisotopic (exact) mass is 353 g/mol. The average molecular weight is 353 g/mol. The lowest BCUT2D eigenvalue weighted by Crippen LogP contribution is -2.35. The number of piperidine rings is 1. The molecule has 0 radical (unpaired) electrons. The van der Waals surface area contributed by atoms with Crippen LogP contribution in [0.3, 0.4) is 0 Å². The molecule has 3 rings (SSSR count). The lowest BCUT2D eigenvalue weighted by molar-refractivity contribution is -0.384. The Morgan fingerprint density at radius 2 is 1.88 bits per heavy atom. The van der Waals surface area contributed by atoms with Crippen molar-refractivity contribution in [2.45, 2.75) is 25.7 Å². The molecule has 1 fully saturated rings. The third-order valence-electron chi connectivity index (χ3n) is 5.13. The van der Waals surface area contributed by atoms with Gasteiger partial charge in [-0.25, -0.2) is 0 Å². The first-order valence-electron chi connectivity index (χ1n) is 8.82. The summed E-state index contributed by atoms with van der Waals surface area (Å²) in [5.74, 6) is 0.207. The molecule has 136 valence electrons. The fourth-order valence-corrected chi connectivity index (χ4v) is 3.71. The minimum atomic E-state index is -0.472. The number of nitro benzene ring substituents is 1. The molecule has 1 N–H and O–H groups in total. The molecule has 0 saturated carbocycles. The van der Waals surface area contributed by atoms with Crippen molar-refractivity contribution in [3.8, 4) is 0 Å². The molecule has 2 aromatic rings. The molecule has 1 heterocycles. The number of nitrogens with one attached hydrogen (secondary N) is 1. The van der Waals surface area contributed by atoms with Gasteiger partial charge in [-0.2, -0.15) is 0 Å². The van der Waals surface area contributed by atoms with Crippen LogP contribution in [-0.2, 0) is 0 Å². The number of hydrogen-bond donors (Lipinski definition) is 1. The Labute approximate surface area is 153 Å². The summed E-state index contributed by atoms with van der Waals surface area (Å²) < 4.78 is 0. The number of hydrogen-bond acceptors (Lipinski definition) is 4. The molecule has 0 aliphatic carbocycles. The van der Waals surface area contributed by atoms with E-state index in [-0.39, 0.29) is 11.6 Å². The normalized spacial score (nSPS) is 14.9. The number of nitro groups is 1. The third-order valence-corrected chi connectivity index (χ3v) is 5.13. The number of benzene rings is 2. The number of aryl methyl sites for hydroxylation is 1. The topological polar surface area (TPSA) is 75.5 Å². The summed E-state index contributed by atoms with van der Waals surface area (Å²) in [6, 6.07) is 13.0. The lowest BCUT2D eigenvalue weighted by atomic mass is 9.86. The molecule has 0 spiro atoms. The molecule has 26 heavy (non-hydrogen) atoms. The zero-order valence-corrected chi connectivity index (χ0v) is 15.1. The first-order valence-corrected chi connectivity index (χ1v) is 8.82. The van der Waals surface area contributed by atoms with Crippen LogP contribution in [0.2, 0.25) is 0 Å². The molecule has 1 aliphatic heterocycles. The Kier molecular flexibility index (Phi) is 5.21. The highest BCUT2D eigenvalue weighted by Crippen LogP contribution is 2.34. The van der Waals surface area contributed by atoms with E-state index < -0.39 is 4.92 Å². The largest absolute Gasteiger partial charge is 0.371 e. The van der Waals surface area contributed by atoms with E-state index in [2.05, 4.69) is 41.4 Å². The van der Waals surface area contributed by atoms with E-state index in [1.54, 1.807) is 6.07 Å². The molecule has 0 bridgehead atoms. The van der Waals surface area contributed by atoms with Crippen LogP contribution in [0.5, 0.6) is 0 Å². The van der Waals surface area contributed by atoms with Gasteiger partial charge in [-0.15, -0.1) is 0 Å². The summed E-state index contributed by atoms with van der Waals surface area (Å²) in [4.78, 5) is 24.9. The number of carbonyl (C=O) groups excluding carboxylic acids is 1. The molecule has 6 nitrogen and oxygen atoms in total. The zero-order chi connectivity index (χ0) is 18.7. The summed E-state index contributed by atoms with van der Waals surface area (Å²) in [6.07, 6.45) is 1.99. The van der Waals surface area contributed by atoms with Crippen molar-refractivity contribution in [2.75, 3.05) is 25.0 Å². The minimum Gasteiger partial charge on any atom is -0.371 e. The van der Waals surface area contributed by atoms with Crippen LogP contribution >= 0.6 is 0 Å². The SMILES string of the molecule is CNC(=O)c1cc([N+](=O)[O-])ccc1N1CCC(c2ccccc2C)CC1. The summed E-state index contributed by atoms with van der Waals surface area (Å²) in [7, 11) is 1.54. The van der Waals surface area contributed by atoms with Gasteiger partial charge in [0.2, 0.25) is 0 Å². The highest BCUT2D eigenvalue weighted by Gasteiger charge is 2.25. The number of carbonyl (C=O) groups is 1. The van der Waals surface area contributed by atoms with E-state index in [0.717, 1.165) is 31.6 Å². The Bertz CT molecular complexity index is 827. The second-order valence-electron chi connectivity index (χ2n) is 6.66.